The quantitative estimate of drug-likeness (QED) is 0.495. The predicted molar refractivity (Wildman–Crippen MR) is 126 cm³/mol. The lowest BCUT2D eigenvalue weighted by atomic mass is 9.95. The largest absolute Gasteiger partial charge is 0.359 e. The number of hydrogen-bond donors (Lipinski definition) is 2. The van der Waals surface area contributed by atoms with E-state index in [1.807, 2.05) is 29.2 Å². The molecule has 1 spiro atoms. The first kappa shape index (κ1) is 22.6. The maximum atomic E-state index is 13.4. The first-order valence-corrected chi connectivity index (χ1v) is 12.0. The van der Waals surface area contributed by atoms with Crippen LogP contribution in [0.1, 0.15) is 30.4 Å². The van der Waals surface area contributed by atoms with Gasteiger partial charge in [-0.3, -0.25) is 10.1 Å². The van der Waals surface area contributed by atoms with Gasteiger partial charge >= 0.3 is 0 Å². The third kappa shape index (κ3) is 4.80. The molecule has 30 heavy (non-hydrogen) atoms. The van der Waals surface area contributed by atoms with Gasteiger partial charge in [0.15, 0.2) is 5.11 Å². The Morgan fingerprint density at radius 3 is 2.87 bits per heavy atom. The predicted octanol–water partition coefficient (Wildman–Crippen LogP) is 2.46. The minimum absolute atomic E-state index is 0.137. The normalized spacial score (nSPS) is 20.3. The minimum atomic E-state index is -0.396. The molecule has 2 N–H and O–H groups in total. The number of amides is 1. The van der Waals surface area contributed by atoms with E-state index in [1.165, 1.54) is 0 Å². The Hall–Kier alpha value is -2.08. The average molecular weight is 444 g/mol. The molecule has 0 bridgehead atoms. The van der Waals surface area contributed by atoms with Crippen molar-refractivity contribution < 1.29 is 4.79 Å². The number of nitriles is 1. The van der Waals surface area contributed by atoms with Crippen LogP contribution in [0.15, 0.2) is 36.9 Å². The van der Waals surface area contributed by atoms with Crippen molar-refractivity contribution in [2.24, 2.45) is 0 Å². The monoisotopic (exact) mass is 443 g/mol. The van der Waals surface area contributed by atoms with Gasteiger partial charge in [-0.2, -0.15) is 17.0 Å². The van der Waals surface area contributed by atoms with Crippen molar-refractivity contribution in [3.05, 3.63) is 48.0 Å². The van der Waals surface area contributed by atoms with Crippen LogP contribution in [0.25, 0.3) is 0 Å². The highest BCUT2D eigenvalue weighted by Crippen LogP contribution is 2.35. The number of benzene rings is 1. The van der Waals surface area contributed by atoms with Gasteiger partial charge in [0.1, 0.15) is 0 Å². The lowest BCUT2D eigenvalue weighted by Crippen LogP contribution is -2.60. The van der Waals surface area contributed by atoms with Crippen LogP contribution in [-0.4, -0.2) is 64.2 Å². The molecule has 1 aromatic rings. The zero-order valence-corrected chi connectivity index (χ0v) is 19.0. The molecular weight excluding hydrogens is 414 g/mol. The summed E-state index contributed by atoms with van der Waals surface area (Å²) in [5.41, 5.74) is 1.12. The highest BCUT2D eigenvalue weighted by Gasteiger charge is 2.51. The Morgan fingerprint density at radius 1 is 1.47 bits per heavy atom. The summed E-state index contributed by atoms with van der Waals surface area (Å²) in [5.74, 6) is 1.07. The van der Waals surface area contributed by atoms with Crippen molar-refractivity contribution in [2.75, 3.05) is 31.6 Å². The lowest BCUT2D eigenvalue weighted by molar-refractivity contribution is -0.134. The Kier molecular flexibility index (Phi) is 7.75. The Bertz CT molecular complexity index is 829. The molecule has 1 atom stereocenters. The molecule has 2 saturated heterocycles. The van der Waals surface area contributed by atoms with Gasteiger partial charge in [0.25, 0.3) is 0 Å². The van der Waals surface area contributed by atoms with Gasteiger partial charge in [0.05, 0.1) is 23.3 Å². The molecule has 2 aliphatic rings. The number of likely N-dealkylation sites (tertiary alicyclic amines) is 1. The Balaban J connectivity index is 1.79. The van der Waals surface area contributed by atoms with Crippen LogP contribution in [-0.2, 0) is 11.3 Å². The summed E-state index contributed by atoms with van der Waals surface area (Å²) in [6.45, 7) is 6.36. The molecule has 8 heteroatoms. The number of piperidine rings is 1. The number of nitrogens with one attached hydrogen (secondary N) is 2. The number of nitrogens with zero attached hydrogens (tertiary/aromatic N) is 3. The van der Waals surface area contributed by atoms with Gasteiger partial charge in [-0.05, 0) is 42.3 Å². The number of hydrogen-bond acceptors (Lipinski definition) is 5. The fraction of sp³-hybridized carbons (Fsp3) is 0.500. The highest BCUT2D eigenvalue weighted by atomic mass is 32.2. The van der Waals surface area contributed by atoms with Crippen LogP contribution >= 0.6 is 24.0 Å². The fourth-order valence-corrected chi connectivity index (χ4v) is 4.96. The molecular formula is C22H29N5OS2. The molecule has 1 amide bonds. The van der Waals surface area contributed by atoms with Crippen molar-refractivity contribution >= 4 is 35.0 Å². The number of carbonyl (C=O) groups is 1. The molecule has 0 radical (unpaired) electrons. The first-order valence-electron chi connectivity index (χ1n) is 10.2. The van der Waals surface area contributed by atoms with Crippen molar-refractivity contribution in [2.45, 2.75) is 37.5 Å². The summed E-state index contributed by atoms with van der Waals surface area (Å²) in [6, 6.07) is 9.62. The SMILES string of the molecule is C=CCNC(=S)N1CCC2(CC1)NC(CCSC)C(=O)N2Cc1ccccc1C#N. The van der Waals surface area contributed by atoms with Crippen LogP contribution in [0.2, 0.25) is 0 Å². The van der Waals surface area contributed by atoms with E-state index in [0.717, 1.165) is 48.8 Å². The summed E-state index contributed by atoms with van der Waals surface area (Å²) in [6.07, 6.45) is 6.24. The van der Waals surface area contributed by atoms with Crippen molar-refractivity contribution in [1.29, 1.82) is 5.26 Å². The summed E-state index contributed by atoms with van der Waals surface area (Å²) >= 11 is 7.25. The van der Waals surface area contributed by atoms with E-state index >= 15 is 0 Å². The van der Waals surface area contributed by atoms with Gasteiger partial charge in [-0.15, -0.1) is 6.58 Å². The van der Waals surface area contributed by atoms with Crippen LogP contribution in [0, 0.1) is 11.3 Å². The molecule has 1 aromatic carbocycles. The zero-order valence-electron chi connectivity index (χ0n) is 17.4. The van der Waals surface area contributed by atoms with Crippen molar-refractivity contribution in [3.8, 4) is 6.07 Å². The summed E-state index contributed by atoms with van der Waals surface area (Å²) < 4.78 is 0. The second-order valence-corrected chi connectivity index (χ2v) is 9.04. The standard InChI is InChI=1S/C22H29N5OS2/c1-3-11-24-21(29)26-12-9-22(10-13-26)25-19(8-14-30-2)20(28)27(22)16-18-7-5-4-6-17(18)15-23/h3-7,19,25H,1,8-14,16H2,2H3,(H,24,29). The maximum Gasteiger partial charge on any atom is 0.241 e. The van der Waals surface area contributed by atoms with Gasteiger partial charge < -0.3 is 15.1 Å². The van der Waals surface area contributed by atoms with E-state index < -0.39 is 5.66 Å². The molecule has 0 aliphatic carbocycles. The van der Waals surface area contributed by atoms with Crippen molar-refractivity contribution in [1.82, 2.24) is 20.4 Å². The smallest absolute Gasteiger partial charge is 0.241 e. The van der Waals surface area contributed by atoms with E-state index in [9.17, 15) is 10.1 Å². The molecule has 6 nitrogen and oxygen atoms in total. The molecule has 0 saturated carbocycles. The second kappa shape index (κ2) is 10.3. The van der Waals surface area contributed by atoms with Gasteiger partial charge in [-0.25, -0.2) is 0 Å². The fourth-order valence-electron chi connectivity index (χ4n) is 4.23. The van der Waals surface area contributed by atoms with Crippen molar-refractivity contribution in [3.63, 3.8) is 0 Å². The van der Waals surface area contributed by atoms with Gasteiger partial charge in [-0.1, -0.05) is 24.3 Å². The van der Waals surface area contributed by atoms with E-state index in [2.05, 4.69) is 34.4 Å². The average Bonchev–Trinajstić information content (AvgIpc) is 3.02. The molecule has 160 valence electrons. The number of carbonyl (C=O) groups excluding carboxylic acids is 1. The van der Waals surface area contributed by atoms with Crippen LogP contribution in [0.3, 0.4) is 0 Å². The van der Waals surface area contributed by atoms with Crippen LogP contribution < -0.4 is 10.6 Å². The number of rotatable bonds is 7. The Morgan fingerprint density at radius 2 is 2.20 bits per heavy atom. The Labute approximate surface area is 188 Å². The van der Waals surface area contributed by atoms with Gasteiger partial charge in [0.2, 0.25) is 5.91 Å². The third-order valence-electron chi connectivity index (χ3n) is 5.88. The van der Waals surface area contributed by atoms with E-state index in [4.69, 9.17) is 12.2 Å². The van der Waals surface area contributed by atoms with Gasteiger partial charge in [0, 0.05) is 39.0 Å². The van der Waals surface area contributed by atoms with Crippen LogP contribution in [0.4, 0.5) is 0 Å². The van der Waals surface area contributed by atoms with E-state index in [0.29, 0.717) is 18.7 Å². The minimum Gasteiger partial charge on any atom is -0.359 e. The molecule has 1 unspecified atom stereocenters. The first-order chi connectivity index (χ1) is 14.5. The van der Waals surface area contributed by atoms with Crippen LogP contribution in [0.5, 0.6) is 0 Å². The number of thioether (sulfide) groups is 1. The summed E-state index contributed by atoms with van der Waals surface area (Å²) in [5, 5.41) is 17.1. The second-order valence-electron chi connectivity index (χ2n) is 7.67. The summed E-state index contributed by atoms with van der Waals surface area (Å²) in [7, 11) is 0. The zero-order chi connectivity index (χ0) is 21.6. The summed E-state index contributed by atoms with van der Waals surface area (Å²) in [4.78, 5) is 17.5. The number of thiocarbonyl (C=S) groups is 1. The lowest BCUT2D eigenvalue weighted by Gasteiger charge is -2.45. The maximum absolute atomic E-state index is 13.4. The van der Waals surface area contributed by atoms with E-state index in [-0.39, 0.29) is 11.9 Å². The van der Waals surface area contributed by atoms with E-state index in [1.54, 1.807) is 17.8 Å². The molecule has 2 aliphatic heterocycles. The third-order valence-corrected chi connectivity index (χ3v) is 6.92. The molecule has 3 rings (SSSR count). The topological polar surface area (TPSA) is 71.4 Å². The molecule has 2 fully saturated rings. The molecule has 2 heterocycles. The molecule has 0 aromatic heterocycles. The highest BCUT2D eigenvalue weighted by molar-refractivity contribution is 7.98.